The zero-order valence-electron chi connectivity index (χ0n) is 24.1. The molecule has 0 spiro atoms. The van der Waals surface area contributed by atoms with Crippen LogP contribution in [0.5, 0.6) is 11.5 Å². The number of thiazole rings is 1. The van der Waals surface area contributed by atoms with Crippen molar-refractivity contribution in [1.82, 2.24) is 4.57 Å². The van der Waals surface area contributed by atoms with Crippen molar-refractivity contribution in [1.29, 1.82) is 0 Å². The predicted molar refractivity (Wildman–Crippen MR) is 162 cm³/mol. The standard InChI is InChI=1S/C33H34N2O5S/c1-7-38-32(37)29-21(6)34-33-35(30(29)22-12-15-24(16-13-22)39-19(2)3)31(36)28(41-33)18-23-14-17-27(40-20(4)5)26-11-9-8-10-25(23)26/h8-20,30H,7H2,1-6H3/b28-18+/t30-/m0/s1. The van der Waals surface area contributed by atoms with Crippen LogP contribution in [-0.2, 0) is 9.53 Å². The van der Waals surface area contributed by atoms with Crippen LogP contribution in [0.15, 0.2) is 81.7 Å². The molecule has 0 saturated carbocycles. The van der Waals surface area contributed by atoms with Crippen molar-refractivity contribution in [2.24, 2.45) is 4.99 Å². The van der Waals surface area contributed by atoms with Crippen molar-refractivity contribution in [2.45, 2.75) is 59.8 Å². The molecule has 8 heteroatoms. The maximum Gasteiger partial charge on any atom is 0.338 e. The lowest BCUT2D eigenvalue weighted by atomic mass is 9.96. The lowest BCUT2D eigenvalue weighted by Gasteiger charge is -2.25. The van der Waals surface area contributed by atoms with E-state index in [0.29, 0.717) is 26.4 Å². The molecule has 1 aliphatic heterocycles. The molecule has 4 aromatic rings. The third kappa shape index (κ3) is 5.70. The van der Waals surface area contributed by atoms with Gasteiger partial charge in [-0.05, 0) is 82.3 Å². The molecule has 0 saturated heterocycles. The summed E-state index contributed by atoms with van der Waals surface area (Å²) in [5.74, 6) is 1.03. The van der Waals surface area contributed by atoms with Crippen molar-refractivity contribution >= 4 is 34.2 Å². The first-order chi connectivity index (χ1) is 19.7. The van der Waals surface area contributed by atoms with Crippen molar-refractivity contribution in [3.8, 4) is 11.5 Å². The van der Waals surface area contributed by atoms with Crippen LogP contribution in [0.25, 0.3) is 16.8 Å². The molecular formula is C33H34N2O5S. The number of fused-ring (bicyclic) bond motifs is 2. The number of benzene rings is 3. The van der Waals surface area contributed by atoms with Gasteiger partial charge in [-0.15, -0.1) is 0 Å². The molecule has 0 unspecified atom stereocenters. The van der Waals surface area contributed by atoms with E-state index >= 15 is 0 Å². The van der Waals surface area contributed by atoms with Gasteiger partial charge in [0.05, 0.1) is 40.7 Å². The van der Waals surface area contributed by atoms with Crippen LogP contribution in [0.4, 0.5) is 0 Å². The lowest BCUT2D eigenvalue weighted by molar-refractivity contribution is -0.139. The normalized spacial score (nSPS) is 15.3. The second kappa shape index (κ2) is 11.7. The number of carbonyl (C=O) groups excluding carboxylic acids is 1. The summed E-state index contributed by atoms with van der Waals surface area (Å²) < 4.78 is 19.4. The zero-order valence-corrected chi connectivity index (χ0v) is 25.0. The maximum absolute atomic E-state index is 14.1. The van der Waals surface area contributed by atoms with Crippen molar-refractivity contribution in [3.05, 3.63) is 103 Å². The maximum atomic E-state index is 14.1. The Kier molecular flexibility index (Phi) is 8.13. The van der Waals surface area contributed by atoms with E-state index in [1.54, 1.807) is 18.4 Å². The van der Waals surface area contributed by atoms with Crippen molar-refractivity contribution in [2.75, 3.05) is 6.61 Å². The molecule has 1 aliphatic rings. The van der Waals surface area contributed by atoms with E-state index in [1.807, 2.05) is 94.4 Å². The van der Waals surface area contributed by atoms with Crippen LogP contribution in [0.3, 0.4) is 0 Å². The molecule has 1 atom stereocenters. The molecule has 0 bridgehead atoms. The number of hydrogen-bond acceptors (Lipinski definition) is 7. The fourth-order valence-electron chi connectivity index (χ4n) is 5.03. The van der Waals surface area contributed by atoms with E-state index < -0.39 is 12.0 Å². The number of esters is 1. The van der Waals surface area contributed by atoms with Gasteiger partial charge in [-0.25, -0.2) is 9.79 Å². The molecule has 0 fully saturated rings. The number of ether oxygens (including phenoxy) is 3. The fraction of sp³-hybridized carbons (Fsp3) is 0.303. The zero-order chi connectivity index (χ0) is 29.3. The van der Waals surface area contributed by atoms with Gasteiger partial charge < -0.3 is 14.2 Å². The summed E-state index contributed by atoms with van der Waals surface area (Å²) in [6.45, 7) is 11.7. The number of aromatic nitrogens is 1. The van der Waals surface area contributed by atoms with E-state index in [0.717, 1.165) is 27.6 Å². The van der Waals surface area contributed by atoms with Gasteiger partial charge in [-0.1, -0.05) is 53.8 Å². The molecular weight excluding hydrogens is 536 g/mol. The third-order valence-corrected chi connectivity index (χ3v) is 7.63. The summed E-state index contributed by atoms with van der Waals surface area (Å²) in [7, 11) is 0. The molecule has 5 rings (SSSR count). The monoisotopic (exact) mass is 570 g/mol. The van der Waals surface area contributed by atoms with Gasteiger partial charge in [0.25, 0.3) is 5.56 Å². The summed E-state index contributed by atoms with van der Waals surface area (Å²) in [5, 5.41) is 1.96. The molecule has 2 heterocycles. The molecule has 0 aliphatic carbocycles. The van der Waals surface area contributed by atoms with Gasteiger partial charge in [0.1, 0.15) is 11.5 Å². The number of allylic oxidation sites excluding steroid dienone is 1. The average Bonchev–Trinajstić information content (AvgIpc) is 3.23. The van der Waals surface area contributed by atoms with Gasteiger partial charge in [0.15, 0.2) is 4.80 Å². The van der Waals surface area contributed by atoms with Gasteiger partial charge in [0.2, 0.25) is 0 Å². The fourth-order valence-corrected chi connectivity index (χ4v) is 6.06. The molecule has 0 amide bonds. The summed E-state index contributed by atoms with van der Waals surface area (Å²) in [6.07, 6.45) is 1.96. The molecule has 7 nitrogen and oxygen atoms in total. The highest BCUT2D eigenvalue weighted by atomic mass is 32.1. The Bertz CT molecular complexity index is 1810. The molecule has 0 radical (unpaired) electrons. The molecule has 0 N–H and O–H groups in total. The van der Waals surface area contributed by atoms with Crippen LogP contribution in [-0.4, -0.2) is 29.4 Å². The summed E-state index contributed by atoms with van der Waals surface area (Å²) in [5.41, 5.74) is 2.33. The van der Waals surface area contributed by atoms with E-state index in [2.05, 4.69) is 0 Å². The Labute approximate surface area is 243 Å². The second-order valence-corrected chi connectivity index (χ2v) is 11.4. The second-order valence-electron chi connectivity index (χ2n) is 10.4. The Morgan fingerprint density at radius 1 is 0.976 bits per heavy atom. The smallest absolute Gasteiger partial charge is 0.338 e. The summed E-state index contributed by atoms with van der Waals surface area (Å²) in [4.78, 5) is 32.5. The number of nitrogens with zero attached hydrogens (tertiary/aromatic N) is 2. The first kappa shape index (κ1) is 28.4. The Morgan fingerprint density at radius 2 is 1.66 bits per heavy atom. The quantitative estimate of drug-likeness (QED) is 0.261. The predicted octanol–water partition coefficient (Wildman–Crippen LogP) is 5.53. The third-order valence-electron chi connectivity index (χ3n) is 6.65. The van der Waals surface area contributed by atoms with Crippen LogP contribution in [0.1, 0.15) is 58.7 Å². The molecule has 212 valence electrons. The average molecular weight is 571 g/mol. The van der Waals surface area contributed by atoms with Gasteiger partial charge in [0, 0.05) is 5.39 Å². The number of hydrogen-bond donors (Lipinski definition) is 0. The van der Waals surface area contributed by atoms with E-state index in [1.165, 1.54) is 11.3 Å². The van der Waals surface area contributed by atoms with E-state index in [-0.39, 0.29) is 24.4 Å². The Balaban J connectivity index is 1.68. The first-order valence-corrected chi connectivity index (χ1v) is 14.6. The van der Waals surface area contributed by atoms with Crippen molar-refractivity contribution < 1.29 is 19.0 Å². The number of carbonyl (C=O) groups is 1. The minimum absolute atomic E-state index is 0.0258. The van der Waals surface area contributed by atoms with Gasteiger partial charge >= 0.3 is 5.97 Å². The Hall–Kier alpha value is -4.17. The van der Waals surface area contributed by atoms with Crippen LogP contribution >= 0.6 is 11.3 Å². The van der Waals surface area contributed by atoms with Crippen LogP contribution in [0.2, 0.25) is 0 Å². The minimum Gasteiger partial charge on any atom is -0.491 e. The van der Waals surface area contributed by atoms with Gasteiger partial charge in [-0.2, -0.15) is 0 Å². The Morgan fingerprint density at radius 3 is 2.32 bits per heavy atom. The molecule has 3 aromatic carbocycles. The van der Waals surface area contributed by atoms with E-state index in [9.17, 15) is 9.59 Å². The topological polar surface area (TPSA) is 79.1 Å². The first-order valence-electron chi connectivity index (χ1n) is 13.8. The van der Waals surface area contributed by atoms with Gasteiger partial charge in [-0.3, -0.25) is 9.36 Å². The van der Waals surface area contributed by atoms with Crippen molar-refractivity contribution in [3.63, 3.8) is 0 Å². The van der Waals surface area contributed by atoms with Crippen LogP contribution < -0.4 is 24.4 Å². The minimum atomic E-state index is -0.681. The largest absolute Gasteiger partial charge is 0.491 e. The lowest BCUT2D eigenvalue weighted by Crippen LogP contribution is -2.39. The number of rotatable bonds is 8. The molecule has 41 heavy (non-hydrogen) atoms. The highest BCUT2D eigenvalue weighted by Crippen LogP contribution is 2.32. The SMILES string of the molecule is CCOC(=O)C1=C(C)N=c2s/c(=C/c3ccc(OC(C)C)c4ccccc34)c(=O)n2[C@H]1c1ccc(OC(C)C)cc1. The highest BCUT2D eigenvalue weighted by molar-refractivity contribution is 7.07. The molecule has 1 aromatic heterocycles. The summed E-state index contributed by atoms with van der Waals surface area (Å²) >= 11 is 1.31. The van der Waals surface area contributed by atoms with E-state index in [4.69, 9.17) is 19.2 Å². The summed E-state index contributed by atoms with van der Waals surface area (Å²) in [6, 6.07) is 18.7. The van der Waals surface area contributed by atoms with Crippen LogP contribution in [0, 0.1) is 0 Å². The highest BCUT2D eigenvalue weighted by Gasteiger charge is 2.33.